The van der Waals surface area contributed by atoms with Crippen molar-refractivity contribution in [3.05, 3.63) is 77.7 Å². The average Bonchev–Trinajstić information content (AvgIpc) is 3.80. The smallest absolute Gasteiger partial charge is 0.242 e. The predicted octanol–water partition coefficient (Wildman–Crippen LogP) is 6.22. The van der Waals surface area contributed by atoms with Gasteiger partial charge in [0.2, 0.25) is 5.91 Å². The van der Waals surface area contributed by atoms with Gasteiger partial charge in [0.1, 0.15) is 23.9 Å². The van der Waals surface area contributed by atoms with E-state index in [1.54, 1.807) is 6.07 Å². The largest absolute Gasteiger partial charge is 0.383 e. The molecule has 3 aliphatic carbocycles. The number of hydrogen-bond acceptors (Lipinski definition) is 4. The second kappa shape index (κ2) is 8.43. The first-order chi connectivity index (χ1) is 17.0. The molecule has 2 N–H and O–H groups in total. The fourth-order valence-electron chi connectivity index (χ4n) is 5.94. The van der Waals surface area contributed by atoms with Gasteiger partial charge in [-0.25, -0.2) is 14.4 Å². The van der Waals surface area contributed by atoms with Crippen LogP contribution in [-0.2, 0) is 4.79 Å². The first-order valence-electron chi connectivity index (χ1n) is 12.6. The molecule has 7 rings (SSSR count). The van der Waals surface area contributed by atoms with Crippen molar-refractivity contribution >= 4 is 28.3 Å². The Kier molecular flexibility index (Phi) is 5.35. The van der Waals surface area contributed by atoms with E-state index in [1.807, 2.05) is 35.2 Å². The van der Waals surface area contributed by atoms with Crippen LogP contribution in [0.2, 0.25) is 0 Å². The highest BCUT2D eigenvalue weighted by atomic mass is 19.1. The SMILES string of the molecule is CCC1CCC2(C1)CN(c1ccc3ncnc(N)c3c1)C(=O)[C]1C=C12.Fc1ccccc1C1CC1.[HH]. The zero-order valence-electron chi connectivity index (χ0n) is 20.0. The molecular formula is C29H32FN4O. The van der Waals surface area contributed by atoms with E-state index >= 15 is 0 Å². The lowest BCUT2D eigenvalue weighted by atomic mass is 9.77. The highest BCUT2D eigenvalue weighted by Crippen LogP contribution is 2.60. The standard InChI is InChI=1S/C20H21N4O.C9H9F.H2/c1-2-12-5-6-20(9-12)10-24(19(25)14-8-16(14)20)13-3-4-17-15(7-13)18(21)23-11-22-17;10-9-4-2-1-3-8(9)7-5-6-7;/h3-4,7-8,11-12H,2,5-6,9-10H2,1H3,(H2,21,22,23);1-4,7H,5-6H2;1H. The molecule has 2 saturated carbocycles. The number of carbonyl (C=O) groups excluding carboxylic acids is 1. The number of halogens is 1. The van der Waals surface area contributed by atoms with E-state index in [9.17, 15) is 9.18 Å². The van der Waals surface area contributed by atoms with E-state index < -0.39 is 0 Å². The van der Waals surface area contributed by atoms with E-state index in [0.717, 1.165) is 40.5 Å². The molecule has 6 heteroatoms. The third-order valence-electron chi connectivity index (χ3n) is 8.17. The van der Waals surface area contributed by atoms with Gasteiger partial charge >= 0.3 is 0 Å². The van der Waals surface area contributed by atoms with E-state index in [0.29, 0.717) is 11.7 Å². The molecule has 5 nitrogen and oxygen atoms in total. The van der Waals surface area contributed by atoms with Crippen LogP contribution >= 0.6 is 0 Å². The second-order valence-electron chi connectivity index (χ2n) is 10.4. The fourth-order valence-corrected chi connectivity index (χ4v) is 5.94. The van der Waals surface area contributed by atoms with Crippen molar-refractivity contribution in [2.24, 2.45) is 11.3 Å². The Labute approximate surface area is 206 Å². The van der Waals surface area contributed by atoms with Crippen molar-refractivity contribution in [1.29, 1.82) is 0 Å². The molecule has 3 fully saturated rings. The van der Waals surface area contributed by atoms with E-state index in [-0.39, 0.29) is 18.6 Å². The summed E-state index contributed by atoms with van der Waals surface area (Å²) in [6, 6.07) is 12.9. The first kappa shape index (κ1) is 22.2. The van der Waals surface area contributed by atoms with Crippen LogP contribution in [0.1, 0.15) is 58.4 Å². The molecule has 4 aliphatic rings. The molecule has 1 radical (unpaired) electrons. The summed E-state index contributed by atoms with van der Waals surface area (Å²) in [7, 11) is 0. The number of piperidine rings is 1. The monoisotopic (exact) mass is 471 g/mol. The number of hydrogen-bond donors (Lipinski definition) is 1. The van der Waals surface area contributed by atoms with Gasteiger partial charge in [0.25, 0.3) is 0 Å². The maximum Gasteiger partial charge on any atom is 0.242 e. The predicted molar refractivity (Wildman–Crippen MR) is 138 cm³/mol. The summed E-state index contributed by atoms with van der Waals surface area (Å²) in [5.41, 5.74) is 10.1. The quantitative estimate of drug-likeness (QED) is 0.492. The van der Waals surface area contributed by atoms with Gasteiger partial charge in [-0.15, -0.1) is 0 Å². The molecule has 1 spiro atoms. The van der Waals surface area contributed by atoms with Crippen molar-refractivity contribution in [3.63, 3.8) is 0 Å². The Hall–Kier alpha value is -3.28. The summed E-state index contributed by atoms with van der Waals surface area (Å²) in [4.78, 5) is 23.1. The van der Waals surface area contributed by atoms with Crippen molar-refractivity contribution in [3.8, 4) is 0 Å². The number of benzene rings is 2. The normalized spacial score (nSPS) is 25.3. The van der Waals surface area contributed by atoms with Crippen molar-refractivity contribution in [1.82, 2.24) is 9.97 Å². The Morgan fingerprint density at radius 3 is 2.74 bits per heavy atom. The number of anilines is 2. The molecule has 1 amide bonds. The third-order valence-corrected chi connectivity index (χ3v) is 8.17. The number of aromatic nitrogens is 2. The average molecular weight is 472 g/mol. The minimum atomic E-state index is -0.0370. The lowest BCUT2D eigenvalue weighted by molar-refractivity contribution is -0.116. The Balaban J connectivity index is 0.000000204. The van der Waals surface area contributed by atoms with Crippen LogP contribution in [0.25, 0.3) is 10.9 Å². The summed E-state index contributed by atoms with van der Waals surface area (Å²) in [5.74, 6) is 2.77. The highest BCUT2D eigenvalue weighted by molar-refractivity contribution is 6.14. The van der Waals surface area contributed by atoms with Crippen LogP contribution in [0.4, 0.5) is 15.9 Å². The summed E-state index contributed by atoms with van der Waals surface area (Å²) < 4.78 is 12.9. The minimum absolute atomic E-state index is 0. The Morgan fingerprint density at radius 2 is 2.00 bits per heavy atom. The highest BCUT2D eigenvalue weighted by Gasteiger charge is 2.57. The lowest BCUT2D eigenvalue weighted by Crippen LogP contribution is -2.46. The second-order valence-corrected chi connectivity index (χ2v) is 10.4. The Bertz CT molecular complexity index is 1340. The summed E-state index contributed by atoms with van der Waals surface area (Å²) in [5, 5.41) is 0.805. The number of nitrogens with zero attached hydrogens (tertiary/aromatic N) is 3. The van der Waals surface area contributed by atoms with Crippen molar-refractivity contribution in [2.45, 2.75) is 51.4 Å². The van der Waals surface area contributed by atoms with Crippen molar-refractivity contribution < 1.29 is 10.6 Å². The summed E-state index contributed by atoms with van der Waals surface area (Å²) in [6.07, 6.45) is 10.8. The number of rotatable bonds is 3. The summed E-state index contributed by atoms with van der Waals surface area (Å²) in [6.45, 7) is 3.05. The number of carbonyl (C=O) groups is 1. The molecular weight excluding hydrogens is 439 g/mol. The van der Waals surface area contributed by atoms with E-state index in [2.05, 4.69) is 23.0 Å². The van der Waals surface area contributed by atoms with Crippen molar-refractivity contribution in [2.75, 3.05) is 17.2 Å². The number of amides is 1. The molecule has 2 aromatic carbocycles. The van der Waals surface area contributed by atoms with Crippen LogP contribution in [0.5, 0.6) is 0 Å². The van der Waals surface area contributed by atoms with E-state index in [4.69, 9.17) is 5.73 Å². The zero-order valence-corrected chi connectivity index (χ0v) is 20.0. The molecule has 3 aromatic rings. The van der Waals surface area contributed by atoms with E-state index in [1.165, 1.54) is 56.5 Å². The lowest BCUT2D eigenvalue weighted by Gasteiger charge is -2.39. The number of nitrogen functional groups attached to an aromatic ring is 1. The maximum absolute atomic E-state index is 12.9. The van der Waals surface area contributed by atoms with Gasteiger partial charge in [-0.05, 0) is 79.3 Å². The maximum atomic E-state index is 12.9. The third kappa shape index (κ3) is 3.99. The van der Waals surface area contributed by atoms with Gasteiger partial charge in [-0.2, -0.15) is 0 Å². The van der Waals surface area contributed by atoms with Crippen LogP contribution in [0, 0.1) is 23.1 Å². The van der Waals surface area contributed by atoms with Gasteiger partial charge in [-0.3, -0.25) is 4.79 Å². The molecule has 2 unspecified atom stereocenters. The zero-order chi connectivity index (χ0) is 24.2. The van der Waals surface area contributed by atoms with Crippen LogP contribution in [-0.4, -0.2) is 22.4 Å². The first-order valence-corrected chi connectivity index (χ1v) is 12.6. The molecule has 2 heterocycles. The molecule has 1 aliphatic heterocycles. The molecule has 1 saturated heterocycles. The number of nitrogens with two attached hydrogens (primary N) is 1. The molecule has 181 valence electrons. The van der Waals surface area contributed by atoms with Gasteiger partial charge < -0.3 is 10.6 Å². The van der Waals surface area contributed by atoms with Crippen LogP contribution in [0.15, 0.2) is 60.4 Å². The summed E-state index contributed by atoms with van der Waals surface area (Å²) >= 11 is 0. The molecule has 35 heavy (non-hydrogen) atoms. The van der Waals surface area contributed by atoms with Gasteiger partial charge in [0.05, 0.1) is 5.52 Å². The van der Waals surface area contributed by atoms with Gasteiger partial charge in [-0.1, -0.05) is 37.6 Å². The number of fused-ring (bicyclic) bond motifs is 3. The fraction of sp³-hybridized carbons (Fsp3) is 0.379. The van der Waals surface area contributed by atoms with Gasteiger partial charge in [0, 0.05) is 24.5 Å². The van der Waals surface area contributed by atoms with Crippen LogP contribution < -0.4 is 10.6 Å². The molecule has 0 bridgehead atoms. The van der Waals surface area contributed by atoms with Gasteiger partial charge in [0.15, 0.2) is 0 Å². The molecule has 1 aromatic heterocycles. The molecule has 2 atom stereocenters. The Morgan fingerprint density at radius 1 is 1.17 bits per heavy atom. The topological polar surface area (TPSA) is 72.1 Å². The minimum Gasteiger partial charge on any atom is -0.383 e. The van der Waals surface area contributed by atoms with Crippen LogP contribution in [0.3, 0.4) is 0 Å².